The molecule has 0 spiro atoms. The van der Waals surface area contributed by atoms with Crippen molar-refractivity contribution in [2.45, 2.75) is 31.6 Å². The van der Waals surface area contributed by atoms with Gasteiger partial charge >= 0.3 is 0 Å². The molecule has 6 heteroatoms. The highest BCUT2D eigenvalue weighted by molar-refractivity contribution is 7.85. The summed E-state index contributed by atoms with van der Waals surface area (Å²) in [7, 11) is 0.408. The van der Waals surface area contributed by atoms with Gasteiger partial charge in [0.15, 0.2) is 5.43 Å². The molecule has 1 aromatic heterocycles. The number of aryl methyl sites for hydroxylation is 1. The fraction of sp³-hybridized carbons (Fsp3) is 0.320. The van der Waals surface area contributed by atoms with Gasteiger partial charge < -0.3 is 9.30 Å². The molecule has 1 heterocycles. The quantitative estimate of drug-likeness (QED) is 0.475. The summed E-state index contributed by atoms with van der Waals surface area (Å²) in [6.07, 6.45) is 3.59. The van der Waals surface area contributed by atoms with Crippen LogP contribution in [0.1, 0.15) is 32.3 Å². The Morgan fingerprint density at radius 1 is 1.00 bits per heavy atom. The van der Waals surface area contributed by atoms with Gasteiger partial charge in [0.05, 0.1) is 23.2 Å². The average Bonchev–Trinajstić information content (AvgIpc) is 2.75. The second-order valence-electron chi connectivity index (χ2n) is 7.62. The van der Waals surface area contributed by atoms with Gasteiger partial charge in [-0.15, -0.1) is 0 Å². The first-order chi connectivity index (χ1) is 14.9. The monoisotopic (exact) mass is 441 g/mol. The number of aromatic nitrogens is 1. The third kappa shape index (κ3) is 4.79. The number of benzene rings is 2. The molecule has 0 fully saturated rings. The van der Waals surface area contributed by atoms with Crippen molar-refractivity contribution in [3.8, 4) is 28.0 Å². The van der Waals surface area contributed by atoms with Crippen LogP contribution in [0.15, 0.2) is 64.5 Å². The Hall–Kier alpha value is -2.73. The van der Waals surface area contributed by atoms with Crippen molar-refractivity contribution in [1.82, 2.24) is 4.57 Å². The number of para-hydroxylation sites is 1. The molecule has 0 amide bonds. The number of hydrogen-bond acceptors (Lipinski definition) is 3. The lowest BCUT2D eigenvalue weighted by Gasteiger charge is -2.19. The van der Waals surface area contributed by atoms with E-state index >= 15 is 0 Å². The lowest BCUT2D eigenvalue weighted by molar-refractivity contribution is 0.341. The Labute approximate surface area is 185 Å². The van der Waals surface area contributed by atoms with Gasteiger partial charge in [-0.2, -0.15) is 0 Å². The van der Waals surface area contributed by atoms with E-state index in [0.29, 0.717) is 28.4 Å². The van der Waals surface area contributed by atoms with Crippen LogP contribution in [0.5, 0.6) is 5.75 Å². The smallest absolute Gasteiger partial charge is 0.197 e. The van der Waals surface area contributed by atoms with Crippen LogP contribution >= 0.6 is 0 Å². The van der Waals surface area contributed by atoms with Crippen LogP contribution in [0, 0.1) is 0 Å². The highest BCUT2D eigenvalue weighted by Crippen LogP contribution is 2.34. The molecule has 0 aliphatic rings. The van der Waals surface area contributed by atoms with Gasteiger partial charge in [0.2, 0.25) is 0 Å². The molecule has 3 aromatic rings. The maximum Gasteiger partial charge on any atom is 0.197 e. The van der Waals surface area contributed by atoms with E-state index in [2.05, 4.69) is 0 Å². The second-order valence-corrected chi connectivity index (χ2v) is 9.16. The zero-order chi connectivity index (χ0) is 22.5. The van der Waals surface area contributed by atoms with E-state index in [1.807, 2.05) is 62.7 Å². The molecule has 0 aliphatic heterocycles. The van der Waals surface area contributed by atoms with Gasteiger partial charge in [-0.3, -0.25) is 13.4 Å². The Morgan fingerprint density at radius 3 is 2.29 bits per heavy atom. The lowest BCUT2D eigenvalue weighted by Crippen LogP contribution is -2.14. The Balaban J connectivity index is 2.28. The molecule has 164 valence electrons. The predicted molar refractivity (Wildman–Crippen MR) is 125 cm³/mol. The predicted octanol–water partition coefficient (Wildman–Crippen LogP) is 5.32. The summed E-state index contributed by atoms with van der Waals surface area (Å²) in [6, 6.07) is 12.9. The van der Waals surface area contributed by atoms with Crippen molar-refractivity contribution in [2.24, 2.45) is 7.05 Å². The lowest BCUT2D eigenvalue weighted by atomic mass is 9.91. The van der Waals surface area contributed by atoms with Gasteiger partial charge in [-0.1, -0.05) is 44.2 Å². The number of pyridine rings is 1. The van der Waals surface area contributed by atoms with Gasteiger partial charge in [0.1, 0.15) is 12.4 Å². The minimum Gasteiger partial charge on any atom is -0.493 e. The highest BCUT2D eigenvalue weighted by atomic mass is 32.2. The third-order valence-electron chi connectivity index (χ3n) is 5.07. The SMILES string of the molecule is CCOc1ccccc1-c1cn(C)cc(-c2cccc(S(=O)CCF)c2C(C)C)c1=O. The van der Waals surface area contributed by atoms with Crippen LogP contribution in [0.25, 0.3) is 22.3 Å². The third-order valence-corrected chi connectivity index (χ3v) is 6.44. The molecule has 0 N–H and O–H groups in total. The van der Waals surface area contributed by atoms with Crippen LogP contribution in [-0.4, -0.2) is 27.8 Å². The molecule has 0 bridgehead atoms. The average molecular weight is 442 g/mol. The zero-order valence-electron chi connectivity index (χ0n) is 18.4. The normalized spacial score (nSPS) is 12.2. The van der Waals surface area contributed by atoms with Crippen molar-refractivity contribution in [3.05, 3.63) is 70.6 Å². The molecule has 0 saturated heterocycles. The molecule has 2 aromatic carbocycles. The van der Waals surface area contributed by atoms with Crippen molar-refractivity contribution < 1.29 is 13.3 Å². The topological polar surface area (TPSA) is 48.3 Å². The van der Waals surface area contributed by atoms with Crippen molar-refractivity contribution in [2.75, 3.05) is 19.0 Å². The summed E-state index contributed by atoms with van der Waals surface area (Å²) in [4.78, 5) is 14.2. The number of nitrogens with zero attached hydrogens (tertiary/aromatic N) is 1. The van der Waals surface area contributed by atoms with Crippen LogP contribution in [0.3, 0.4) is 0 Å². The van der Waals surface area contributed by atoms with Gasteiger partial charge in [-0.25, -0.2) is 0 Å². The van der Waals surface area contributed by atoms with Crippen LogP contribution in [-0.2, 0) is 17.8 Å². The molecule has 1 unspecified atom stereocenters. The maximum atomic E-state index is 13.7. The number of halogens is 1. The number of hydrogen-bond donors (Lipinski definition) is 0. The van der Waals surface area contributed by atoms with E-state index in [1.165, 1.54) is 0 Å². The van der Waals surface area contributed by atoms with Crippen molar-refractivity contribution in [1.29, 1.82) is 0 Å². The van der Waals surface area contributed by atoms with Crippen LogP contribution in [0.4, 0.5) is 4.39 Å². The Morgan fingerprint density at radius 2 is 1.65 bits per heavy atom. The molecule has 1 atom stereocenters. The molecule has 0 aliphatic carbocycles. The molecule has 4 nitrogen and oxygen atoms in total. The number of alkyl halides is 1. The van der Waals surface area contributed by atoms with Gasteiger partial charge in [0, 0.05) is 41.0 Å². The fourth-order valence-electron chi connectivity index (χ4n) is 3.81. The van der Waals surface area contributed by atoms with E-state index in [4.69, 9.17) is 4.74 Å². The van der Waals surface area contributed by atoms with Crippen LogP contribution < -0.4 is 10.2 Å². The van der Waals surface area contributed by atoms with E-state index in [0.717, 1.165) is 16.7 Å². The van der Waals surface area contributed by atoms with E-state index in [1.54, 1.807) is 24.5 Å². The molecule has 31 heavy (non-hydrogen) atoms. The largest absolute Gasteiger partial charge is 0.493 e. The molecule has 0 radical (unpaired) electrons. The van der Waals surface area contributed by atoms with E-state index < -0.39 is 17.5 Å². The molecule has 3 rings (SSSR count). The molecule has 0 saturated carbocycles. The summed E-state index contributed by atoms with van der Waals surface area (Å²) in [5.74, 6) is 0.614. The van der Waals surface area contributed by atoms with Crippen LogP contribution in [0.2, 0.25) is 0 Å². The Kier molecular flexibility index (Phi) is 7.44. The van der Waals surface area contributed by atoms with Crippen molar-refractivity contribution >= 4 is 10.8 Å². The number of ether oxygens (including phenoxy) is 1. The summed E-state index contributed by atoms with van der Waals surface area (Å²) >= 11 is 0. The van der Waals surface area contributed by atoms with Gasteiger partial charge in [0.25, 0.3) is 0 Å². The van der Waals surface area contributed by atoms with Crippen molar-refractivity contribution in [3.63, 3.8) is 0 Å². The first-order valence-corrected chi connectivity index (χ1v) is 11.7. The Bertz CT molecular complexity index is 1150. The van der Waals surface area contributed by atoms with E-state index in [-0.39, 0.29) is 17.1 Å². The minimum absolute atomic E-state index is 0.0128. The number of rotatable bonds is 8. The first-order valence-electron chi connectivity index (χ1n) is 10.4. The maximum absolute atomic E-state index is 13.7. The summed E-state index contributed by atoms with van der Waals surface area (Å²) in [6.45, 7) is 5.74. The zero-order valence-corrected chi connectivity index (χ0v) is 19.2. The standard InChI is InChI=1S/C25H28FNO3S/c1-5-30-22-11-7-6-9-18(22)20-15-27(4)16-21(25(20)28)19-10-8-12-23(24(19)17(2)3)31(29)14-13-26/h6-12,15-17H,5,13-14H2,1-4H3. The minimum atomic E-state index is -1.46. The summed E-state index contributed by atoms with van der Waals surface area (Å²) in [5.41, 5.74) is 3.22. The fourth-order valence-corrected chi connectivity index (χ4v) is 5.00. The molecular weight excluding hydrogens is 413 g/mol. The second kappa shape index (κ2) is 10.1. The first kappa shape index (κ1) is 22.9. The molecular formula is C25H28FNO3S. The summed E-state index contributed by atoms with van der Waals surface area (Å²) in [5, 5.41) is 0. The highest BCUT2D eigenvalue weighted by Gasteiger charge is 2.21. The summed E-state index contributed by atoms with van der Waals surface area (Å²) < 4.78 is 33.2. The van der Waals surface area contributed by atoms with Gasteiger partial charge in [-0.05, 0) is 36.1 Å². The van der Waals surface area contributed by atoms with E-state index in [9.17, 15) is 13.4 Å².